The lowest BCUT2D eigenvalue weighted by Crippen LogP contribution is -2.20. The summed E-state index contributed by atoms with van der Waals surface area (Å²) in [6, 6.07) is 15.2. The highest BCUT2D eigenvalue weighted by atomic mass is 19.2. The number of hydrogen-bond donors (Lipinski definition) is 0. The number of benzene rings is 3. The van der Waals surface area contributed by atoms with Crippen molar-refractivity contribution in [1.29, 1.82) is 0 Å². The maximum Gasteiger partial charge on any atom is 0.165 e. The fourth-order valence-electron chi connectivity index (χ4n) is 4.63. The number of rotatable bonds is 9. The Balaban J connectivity index is 1.39. The van der Waals surface area contributed by atoms with E-state index in [9.17, 15) is 13.2 Å². The fraction of sp³-hybridized carbons (Fsp3) is 0.379. The van der Waals surface area contributed by atoms with E-state index in [1.807, 2.05) is 13.0 Å². The van der Waals surface area contributed by atoms with Crippen LogP contribution in [0.5, 0.6) is 5.75 Å². The molecule has 0 bridgehead atoms. The van der Waals surface area contributed by atoms with Crippen molar-refractivity contribution in [2.45, 2.75) is 57.8 Å². The number of methoxy groups -OCH3 is 1. The van der Waals surface area contributed by atoms with Crippen LogP contribution in [0.3, 0.4) is 0 Å². The van der Waals surface area contributed by atoms with Crippen molar-refractivity contribution in [2.24, 2.45) is 0 Å². The molecule has 0 aliphatic heterocycles. The monoisotopic (exact) mass is 484 g/mol. The summed E-state index contributed by atoms with van der Waals surface area (Å²) >= 11 is 0. The standard InChI is InChI=1S/C29H31F3O3/c1-3-34-17-19-4-14-25(27(30)16-19)20-7-12-24(13-8-20)35-18-22-9-15-26(29(32)28(22)31)21-5-10-23(33-2)11-6-21/h4,7-9,12-16,21,23H,3,5-6,10-11,17-18H2,1-2H3. The second-order valence-electron chi connectivity index (χ2n) is 8.92. The predicted octanol–water partition coefficient (Wildman–Crippen LogP) is 7.56. The van der Waals surface area contributed by atoms with Crippen LogP contribution in [0.1, 0.15) is 55.2 Å². The van der Waals surface area contributed by atoms with Crippen LogP contribution in [0.25, 0.3) is 11.1 Å². The molecule has 3 aromatic carbocycles. The second-order valence-corrected chi connectivity index (χ2v) is 8.92. The van der Waals surface area contributed by atoms with Crippen molar-refractivity contribution in [2.75, 3.05) is 13.7 Å². The third-order valence-electron chi connectivity index (χ3n) is 6.71. The molecule has 3 nitrogen and oxygen atoms in total. The third kappa shape index (κ3) is 6.06. The quantitative estimate of drug-likeness (QED) is 0.314. The zero-order valence-corrected chi connectivity index (χ0v) is 20.2. The summed E-state index contributed by atoms with van der Waals surface area (Å²) in [6.07, 6.45) is 3.48. The molecule has 1 fully saturated rings. The first-order valence-corrected chi connectivity index (χ1v) is 12.1. The van der Waals surface area contributed by atoms with Gasteiger partial charge in [0.15, 0.2) is 11.6 Å². The molecule has 0 atom stereocenters. The molecule has 0 unspecified atom stereocenters. The van der Waals surface area contributed by atoms with Gasteiger partial charge in [-0.05, 0) is 73.4 Å². The van der Waals surface area contributed by atoms with Crippen molar-refractivity contribution in [3.8, 4) is 16.9 Å². The molecule has 4 rings (SSSR count). The molecule has 3 aromatic rings. The highest BCUT2D eigenvalue weighted by molar-refractivity contribution is 5.65. The van der Waals surface area contributed by atoms with Gasteiger partial charge in [0.05, 0.1) is 12.7 Å². The summed E-state index contributed by atoms with van der Waals surface area (Å²) in [6.45, 7) is 2.73. The second kappa shape index (κ2) is 11.7. The minimum atomic E-state index is -0.859. The molecule has 6 heteroatoms. The third-order valence-corrected chi connectivity index (χ3v) is 6.71. The molecule has 186 valence electrons. The van der Waals surface area contributed by atoms with Crippen molar-refractivity contribution in [3.05, 3.63) is 88.7 Å². The fourth-order valence-corrected chi connectivity index (χ4v) is 4.63. The van der Waals surface area contributed by atoms with Crippen molar-refractivity contribution in [1.82, 2.24) is 0 Å². The Kier molecular flexibility index (Phi) is 8.47. The Morgan fingerprint density at radius 3 is 2.23 bits per heavy atom. The first-order chi connectivity index (χ1) is 17.0. The highest BCUT2D eigenvalue weighted by Gasteiger charge is 2.26. The van der Waals surface area contributed by atoms with E-state index < -0.39 is 11.6 Å². The topological polar surface area (TPSA) is 27.7 Å². The van der Waals surface area contributed by atoms with Crippen LogP contribution >= 0.6 is 0 Å². The molecular weight excluding hydrogens is 453 g/mol. The van der Waals surface area contributed by atoms with Gasteiger partial charge in [-0.3, -0.25) is 0 Å². The van der Waals surface area contributed by atoms with Crippen LogP contribution < -0.4 is 4.74 Å². The first kappa shape index (κ1) is 25.3. The van der Waals surface area contributed by atoms with Crippen molar-refractivity contribution < 1.29 is 27.4 Å². The van der Waals surface area contributed by atoms with Gasteiger partial charge in [0, 0.05) is 24.8 Å². The van der Waals surface area contributed by atoms with Gasteiger partial charge < -0.3 is 14.2 Å². The van der Waals surface area contributed by atoms with Gasteiger partial charge >= 0.3 is 0 Å². The average molecular weight is 485 g/mol. The van der Waals surface area contributed by atoms with E-state index in [0.29, 0.717) is 35.7 Å². The average Bonchev–Trinajstić information content (AvgIpc) is 2.89. The summed E-state index contributed by atoms with van der Waals surface area (Å²) < 4.78 is 60.5. The number of hydrogen-bond acceptors (Lipinski definition) is 3. The molecule has 0 amide bonds. The zero-order chi connectivity index (χ0) is 24.8. The largest absolute Gasteiger partial charge is 0.489 e. The molecule has 1 aliphatic carbocycles. The number of ether oxygens (including phenoxy) is 3. The molecule has 1 aliphatic rings. The summed E-state index contributed by atoms with van der Waals surface area (Å²) in [5.41, 5.74) is 2.54. The SMILES string of the molecule is CCOCc1ccc(-c2ccc(OCc3ccc(C4CCC(OC)CC4)c(F)c3F)cc2)c(F)c1. The summed E-state index contributed by atoms with van der Waals surface area (Å²) in [5.74, 6) is -1.48. The minimum absolute atomic E-state index is 0.00652. The maximum absolute atomic E-state index is 14.8. The molecule has 0 aromatic heterocycles. The van der Waals surface area contributed by atoms with Gasteiger partial charge in [-0.15, -0.1) is 0 Å². The Morgan fingerprint density at radius 1 is 0.829 bits per heavy atom. The zero-order valence-electron chi connectivity index (χ0n) is 20.2. The smallest absolute Gasteiger partial charge is 0.165 e. The van der Waals surface area contributed by atoms with Crippen LogP contribution in [0.15, 0.2) is 54.6 Å². The predicted molar refractivity (Wildman–Crippen MR) is 130 cm³/mol. The van der Waals surface area contributed by atoms with E-state index in [1.54, 1.807) is 49.6 Å². The van der Waals surface area contributed by atoms with Gasteiger partial charge in [0.2, 0.25) is 0 Å². The lowest BCUT2D eigenvalue weighted by atomic mass is 9.82. The molecule has 0 saturated heterocycles. The summed E-state index contributed by atoms with van der Waals surface area (Å²) in [5, 5.41) is 0. The lowest BCUT2D eigenvalue weighted by molar-refractivity contribution is 0.0655. The molecule has 1 saturated carbocycles. The molecule has 0 spiro atoms. The number of halogens is 3. The molecule has 0 radical (unpaired) electrons. The highest BCUT2D eigenvalue weighted by Crippen LogP contribution is 2.36. The maximum atomic E-state index is 14.8. The molecule has 0 heterocycles. The molecular formula is C29H31F3O3. The van der Waals surface area contributed by atoms with E-state index in [4.69, 9.17) is 14.2 Å². The normalized spacial score (nSPS) is 18.0. The molecule has 35 heavy (non-hydrogen) atoms. The summed E-state index contributed by atoms with van der Waals surface area (Å²) in [7, 11) is 1.69. The van der Waals surface area contributed by atoms with Gasteiger partial charge in [-0.2, -0.15) is 0 Å². The summed E-state index contributed by atoms with van der Waals surface area (Å²) in [4.78, 5) is 0. The van der Waals surface area contributed by atoms with E-state index in [-0.39, 0.29) is 30.0 Å². The van der Waals surface area contributed by atoms with Gasteiger partial charge in [0.25, 0.3) is 0 Å². The molecule has 0 N–H and O–H groups in total. The Morgan fingerprint density at radius 2 is 1.57 bits per heavy atom. The Bertz CT molecular complexity index is 1120. The van der Waals surface area contributed by atoms with Crippen LogP contribution in [-0.2, 0) is 22.7 Å². The van der Waals surface area contributed by atoms with Crippen molar-refractivity contribution >= 4 is 0 Å². The van der Waals surface area contributed by atoms with Crippen LogP contribution in [-0.4, -0.2) is 19.8 Å². The van der Waals surface area contributed by atoms with Gasteiger partial charge in [0.1, 0.15) is 18.2 Å². The van der Waals surface area contributed by atoms with Crippen LogP contribution in [0.2, 0.25) is 0 Å². The Labute approximate surface area is 204 Å². The minimum Gasteiger partial charge on any atom is -0.489 e. The van der Waals surface area contributed by atoms with Gasteiger partial charge in [-0.25, -0.2) is 13.2 Å². The Hall–Kier alpha value is -2.83. The van der Waals surface area contributed by atoms with Crippen molar-refractivity contribution in [3.63, 3.8) is 0 Å². The van der Waals surface area contributed by atoms with E-state index in [1.165, 1.54) is 6.07 Å². The van der Waals surface area contributed by atoms with Crippen LogP contribution in [0.4, 0.5) is 13.2 Å². The van der Waals surface area contributed by atoms with E-state index >= 15 is 0 Å². The first-order valence-electron chi connectivity index (χ1n) is 12.1. The lowest BCUT2D eigenvalue weighted by Gasteiger charge is -2.28. The van der Waals surface area contributed by atoms with E-state index in [0.717, 1.165) is 31.2 Å². The van der Waals surface area contributed by atoms with E-state index in [2.05, 4.69) is 0 Å². The van der Waals surface area contributed by atoms with Gasteiger partial charge in [-0.1, -0.05) is 36.4 Å². The van der Waals surface area contributed by atoms with Crippen LogP contribution in [0, 0.1) is 17.5 Å².